The summed E-state index contributed by atoms with van der Waals surface area (Å²) >= 11 is 0. The number of carboxylic acids is 1. The van der Waals surface area contributed by atoms with Gasteiger partial charge in [0.15, 0.2) is 5.78 Å². The number of anilines is 1. The summed E-state index contributed by atoms with van der Waals surface area (Å²) in [5.74, 6) is -0.632. The quantitative estimate of drug-likeness (QED) is 0.590. The van der Waals surface area contributed by atoms with Crippen LogP contribution in [0.1, 0.15) is 36.5 Å². The highest BCUT2D eigenvalue weighted by atomic mass is 16.5. The molecule has 0 aromatic heterocycles. The molecule has 1 fully saturated rings. The summed E-state index contributed by atoms with van der Waals surface area (Å²) in [4.78, 5) is 25.4. The molecular formula is C17H24N2O4. The van der Waals surface area contributed by atoms with Crippen molar-refractivity contribution >= 4 is 17.4 Å². The Morgan fingerprint density at radius 3 is 2.87 bits per heavy atom. The fourth-order valence-corrected chi connectivity index (χ4v) is 2.76. The fourth-order valence-electron chi connectivity index (χ4n) is 2.76. The number of rotatable bonds is 7. The van der Waals surface area contributed by atoms with Gasteiger partial charge in [-0.1, -0.05) is 6.92 Å². The smallest absolute Gasteiger partial charge is 0.307 e. The van der Waals surface area contributed by atoms with Crippen LogP contribution < -0.4 is 10.5 Å². The van der Waals surface area contributed by atoms with Crippen LogP contribution in [0.4, 0.5) is 5.69 Å². The molecule has 0 radical (unpaired) electrons. The predicted octanol–water partition coefficient (Wildman–Crippen LogP) is 2.04. The van der Waals surface area contributed by atoms with E-state index in [4.69, 9.17) is 15.6 Å². The highest BCUT2D eigenvalue weighted by molar-refractivity contribution is 5.98. The third-order valence-corrected chi connectivity index (χ3v) is 4.02. The lowest BCUT2D eigenvalue weighted by molar-refractivity contribution is -0.143. The lowest BCUT2D eigenvalue weighted by Crippen LogP contribution is -2.41. The summed E-state index contributed by atoms with van der Waals surface area (Å²) in [5, 5.41) is 9.10. The van der Waals surface area contributed by atoms with Crippen LogP contribution >= 0.6 is 0 Å². The number of carboxylic acid groups (broad SMARTS) is 1. The van der Waals surface area contributed by atoms with E-state index in [-0.39, 0.29) is 18.2 Å². The van der Waals surface area contributed by atoms with E-state index < -0.39 is 5.97 Å². The highest BCUT2D eigenvalue weighted by Gasteiger charge is 2.26. The second-order valence-electron chi connectivity index (χ2n) is 5.94. The molecule has 6 heteroatoms. The molecule has 0 amide bonds. The summed E-state index contributed by atoms with van der Waals surface area (Å²) in [6.45, 7) is 3.99. The Morgan fingerprint density at radius 2 is 2.22 bits per heavy atom. The maximum absolute atomic E-state index is 12.4. The van der Waals surface area contributed by atoms with E-state index in [0.29, 0.717) is 36.6 Å². The molecule has 0 spiro atoms. The first-order valence-corrected chi connectivity index (χ1v) is 8.02. The molecule has 126 valence electrons. The number of piperidine rings is 1. The minimum atomic E-state index is -0.788. The number of nitrogen functional groups attached to an aromatic ring is 1. The van der Waals surface area contributed by atoms with Crippen LogP contribution in [0.5, 0.6) is 5.75 Å². The molecule has 3 N–H and O–H groups in total. The van der Waals surface area contributed by atoms with E-state index in [2.05, 4.69) is 0 Å². The Kier molecular flexibility index (Phi) is 5.98. The number of Topliss-reactive ketones (excluding diaryl/α,β-unsaturated/α-hetero) is 1. The van der Waals surface area contributed by atoms with E-state index in [1.54, 1.807) is 18.2 Å². The van der Waals surface area contributed by atoms with Crippen molar-refractivity contribution in [2.24, 2.45) is 5.92 Å². The lowest BCUT2D eigenvalue weighted by atomic mass is 9.97. The zero-order valence-corrected chi connectivity index (χ0v) is 13.5. The second kappa shape index (κ2) is 7.97. The minimum Gasteiger partial charge on any atom is -0.491 e. The van der Waals surface area contributed by atoms with Crippen LogP contribution in [0.15, 0.2) is 18.2 Å². The van der Waals surface area contributed by atoms with E-state index in [9.17, 15) is 9.59 Å². The van der Waals surface area contributed by atoms with Gasteiger partial charge in [0.05, 0.1) is 24.8 Å². The van der Waals surface area contributed by atoms with E-state index in [1.165, 1.54) is 0 Å². The number of ether oxygens (including phenoxy) is 1. The van der Waals surface area contributed by atoms with Crippen molar-refractivity contribution in [3.8, 4) is 5.75 Å². The topological polar surface area (TPSA) is 92.9 Å². The van der Waals surface area contributed by atoms with Crippen molar-refractivity contribution in [3.63, 3.8) is 0 Å². The standard InChI is InChI=1S/C17H24N2O4/c1-2-8-23-16-6-5-12(9-14(16)18)15(20)11-19-7-3-4-13(10-19)17(21)22/h5-6,9,13H,2-4,7-8,10-11,18H2,1H3,(H,21,22). The van der Waals surface area contributed by atoms with Crippen molar-refractivity contribution in [3.05, 3.63) is 23.8 Å². The van der Waals surface area contributed by atoms with Gasteiger partial charge in [-0.15, -0.1) is 0 Å². The molecule has 1 aromatic rings. The molecule has 1 atom stereocenters. The number of hydrogen-bond donors (Lipinski definition) is 2. The Hall–Kier alpha value is -2.08. The molecule has 0 aliphatic carbocycles. The van der Waals surface area contributed by atoms with Crippen molar-refractivity contribution in [1.29, 1.82) is 0 Å². The van der Waals surface area contributed by atoms with Gasteiger partial charge in [-0.3, -0.25) is 14.5 Å². The van der Waals surface area contributed by atoms with Crippen molar-refractivity contribution in [2.45, 2.75) is 26.2 Å². The van der Waals surface area contributed by atoms with Crippen LogP contribution in [0.25, 0.3) is 0 Å². The maximum Gasteiger partial charge on any atom is 0.307 e. The van der Waals surface area contributed by atoms with Crippen LogP contribution in [0.2, 0.25) is 0 Å². The van der Waals surface area contributed by atoms with Crippen LogP contribution in [-0.2, 0) is 4.79 Å². The highest BCUT2D eigenvalue weighted by Crippen LogP contribution is 2.23. The average molecular weight is 320 g/mol. The summed E-state index contributed by atoms with van der Waals surface area (Å²) < 4.78 is 5.50. The summed E-state index contributed by atoms with van der Waals surface area (Å²) in [6.07, 6.45) is 2.37. The summed E-state index contributed by atoms with van der Waals surface area (Å²) in [7, 11) is 0. The Balaban J connectivity index is 1.97. The van der Waals surface area contributed by atoms with E-state index >= 15 is 0 Å². The van der Waals surface area contributed by atoms with E-state index in [1.807, 2.05) is 11.8 Å². The number of nitrogens with zero attached hydrogens (tertiary/aromatic N) is 1. The number of benzene rings is 1. The van der Waals surface area contributed by atoms with Gasteiger partial charge < -0.3 is 15.6 Å². The fraction of sp³-hybridized carbons (Fsp3) is 0.529. The normalized spacial score (nSPS) is 18.6. The monoisotopic (exact) mass is 320 g/mol. The first-order chi connectivity index (χ1) is 11.0. The van der Waals surface area contributed by atoms with Gasteiger partial charge in [0.25, 0.3) is 0 Å². The third kappa shape index (κ3) is 4.69. The Bertz CT molecular complexity index is 574. The SMILES string of the molecule is CCCOc1ccc(C(=O)CN2CCCC(C(=O)O)C2)cc1N. The van der Waals surface area contributed by atoms with Gasteiger partial charge in [-0.25, -0.2) is 0 Å². The number of likely N-dealkylation sites (tertiary alicyclic amines) is 1. The predicted molar refractivity (Wildman–Crippen MR) is 87.8 cm³/mol. The minimum absolute atomic E-state index is 0.0511. The number of carbonyl (C=O) groups is 2. The first-order valence-electron chi connectivity index (χ1n) is 8.02. The molecule has 1 saturated heterocycles. The number of carbonyl (C=O) groups excluding carboxylic acids is 1. The second-order valence-corrected chi connectivity index (χ2v) is 5.94. The molecule has 1 heterocycles. The Morgan fingerprint density at radius 1 is 1.43 bits per heavy atom. The molecule has 1 aliphatic heterocycles. The molecule has 6 nitrogen and oxygen atoms in total. The summed E-state index contributed by atoms with van der Waals surface area (Å²) in [5.41, 5.74) is 6.91. The van der Waals surface area contributed by atoms with Gasteiger partial charge in [0.1, 0.15) is 5.75 Å². The van der Waals surface area contributed by atoms with Crippen LogP contribution in [0.3, 0.4) is 0 Å². The first kappa shape index (κ1) is 17.3. The van der Waals surface area contributed by atoms with Gasteiger partial charge in [-0.05, 0) is 44.0 Å². The average Bonchev–Trinajstić information content (AvgIpc) is 2.53. The molecule has 0 saturated carbocycles. The molecule has 1 unspecified atom stereocenters. The number of ketones is 1. The largest absolute Gasteiger partial charge is 0.491 e. The number of hydrogen-bond acceptors (Lipinski definition) is 5. The van der Waals surface area contributed by atoms with Crippen LogP contribution in [-0.4, -0.2) is 48.0 Å². The molecular weight excluding hydrogens is 296 g/mol. The Labute approximate surface area is 136 Å². The van der Waals surface area contributed by atoms with E-state index in [0.717, 1.165) is 19.4 Å². The van der Waals surface area contributed by atoms with Gasteiger partial charge in [-0.2, -0.15) is 0 Å². The van der Waals surface area contributed by atoms with Gasteiger partial charge >= 0.3 is 5.97 Å². The molecule has 0 bridgehead atoms. The summed E-state index contributed by atoms with van der Waals surface area (Å²) in [6, 6.07) is 5.06. The number of nitrogens with two attached hydrogens (primary N) is 1. The lowest BCUT2D eigenvalue weighted by Gasteiger charge is -2.29. The van der Waals surface area contributed by atoms with Crippen LogP contribution in [0, 0.1) is 5.92 Å². The molecule has 23 heavy (non-hydrogen) atoms. The van der Waals surface area contributed by atoms with Gasteiger partial charge in [0.2, 0.25) is 0 Å². The zero-order chi connectivity index (χ0) is 16.8. The molecule has 1 aromatic carbocycles. The molecule has 2 rings (SSSR count). The van der Waals surface area contributed by atoms with Crippen molar-refractivity contribution in [1.82, 2.24) is 4.90 Å². The number of aliphatic carboxylic acids is 1. The van der Waals surface area contributed by atoms with Crippen molar-refractivity contribution < 1.29 is 19.4 Å². The zero-order valence-electron chi connectivity index (χ0n) is 13.5. The maximum atomic E-state index is 12.4. The third-order valence-electron chi connectivity index (χ3n) is 4.02. The molecule has 1 aliphatic rings. The van der Waals surface area contributed by atoms with Crippen molar-refractivity contribution in [2.75, 3.05) is 32.0 Å². The van der Waals surface area contributed by atoms with Gasteiger partial charge in [0, 0.05) is 12.1 Å².